The summed E-state index contributed by atoms with van der Waals surface area (Å²) in [5.41, 5.74) is 0. The van der Waals surface area contributed by atoms with E-state index in [1.54, 1.807) is 0 Å². The van der Waals surface area contributed by atoms with Gasteiger partial charge in [-0.2, -0.15) is 0 Å². The first-order valence-corrected chi connectivity index (χ1v) is 4.16. The first-order valence-electron chi connectivity index (χ1n) is 2.56. The highest BCUT2D eigenvalue weighted by atomic mass is 79.9. The molecule has 0 atom stereocenters. The van der Waals surface area contributed by atoms with Gasteiger partial charge in [-0.3, -0.25) is 0 Å². The quantitative estimate of drug-likeness (QED) is 0.804. The molecule has 1 rings (SSSR count). The van der Waals surface area contributed by atoms with Crippen molar-refractivity contribution in [2.24, 2.45) is 0 Å². The molecule has 0 saturated heterocycles. The van der Waals surface area contributed by atoms with Gasteiger partial charge in [-0.25, -0.2) is 0 Å². The van der Waals surface area contributed by atoms with Gasteiger partial charge in [0.1, 0.15) is 0 Å². The maximum atomic E-state index is 3.82. The van der Waals surface area contributed by atoms with Crippen molar-refractivity contribution >= 4 is 32.4 Å². The molecule has 3 nitrogen and oxygen atoms in total. The lowest BCUT2D eigenvalue weighted by atomic mass is 10.8. The summed E-state index contributed by atoms with van der Waals surface area (Å²) in [6, 6.07) is 0. The second-order valence-electron chi connectivity index (χ2n) is 1.39. The lowest BCUT2D eigenvalue weighted by Gasteiger charge is -1.90. The molecule has 0 saturated carbocycles. The molecule has 0 spiro atoms. The summed E-state index contributed by atoms with van der Waals surface area (Å²) in [4.78, 5) is 0. The van der Waals surface area contributed by atoms with E-state index in [1.807, 2.05) is 6.92 Å². The smallest absolute Gasteiger partial charge is 0.206 e. The zero-order valence-electron chi connectivity index (χ0n) is 4.89. The van der Waals surface area contributed by atoms with E-state index in [9.17, 15) is 0 Å². The molecule has 1 N–H and O–H groups in total. The third kappa shape index (κ3) is 1.91. The first kappa shape index (κ1) is 6.95. The first-order chi connectivity index (χ1) is 4.33. The lowest BCUT2D eigenvalue weighted by molar-refractivity contribution is 1.05. The zero-order chi connectivity index (χ0) is 6.69. The maximum absolute atomic E-state index is 3.82. The summed E-state index contributed by atoms with van der Waals surface area (Å²) < 4.78 is 0.818. The third-order valence-corrected chi connectivity index (χ3v) is 2.04. The van der Waals surface area contributed by atoms with Gasteiger partial charge in [0.25, 0.3) is 0 Å². The van der Waals surface area contributed by atoms with Crippen molar-refractivity contribution < 1.29 is 0 Å². The molecule has 0 fully saturated rings. The molecule has 50 valence electrons. The number of anilines is 1. The highest BCUT2D eigenvalue weighted by molar-refractivity contribution is 9.11. The van der Waals surface area contributed by atoms with Crippen LogP contribution < -0.4 is 5.32 Å². The van der Waals surface area contributed by atoms with Gasteiger partial charge in [-0.05, 0) is 22.9 Å². The van der Waals surface area contributed by atoms with Crippen LogP contribution in [-0.4, -0.2) is 16.7 Å². The van der Waals surface area contributed by atoms with Crippen LogP contribution in [0.5, 0.6) is 0 Å². The van der Waals surface area contributed by atoms with Crippen LogP contribution in [0.3, 0.4) is 0 Å². The summed E-state index contributed by atoms with van der Waals surface area (Å²) >= 11 is 4.70. The number of hydrogen-bond donors (Lipinski definition) is 1. The van der Waals surface area contributed by atoms with Crippen LogP contribution in [-0.2, 0) is 0 Å². The van der Waals surface area contributed by atoms with E-state index in [-0.39, 0.29) is 0 Å². The highest BCUT2D eigenvalue weighted by Crippen LogP contribution is 2.19. The van der Waals surface area contributed by atoms with E-state index in [0.29, 0.717) is 0 Å². The molecule has 0 radical (unpaired) electrons. The Bertz CT molecular complexity index is 188. The monoisotopic (exact) mass is 207 g/mol. The van der Waals surface area contributed by atoms with Crippen LogP contribution >= 0.6 is 27.3 Å². The normalized spacial score (nSPS) is 9.56. The Kier molecular flexibility index (Phi) is 2.41. The van der Waals surface area contributed by atoms with Crippen LogP contribution in [0.25, 0.3) is 0 Å². The van der Waals surface area contributed by atoms with Crippen molar-refractivity contribution in [3.8, 4) is 0 Å². The molecule has 5 heteroatoms. The Morgan fingerprint density at radius 1 is 1.67 bits per heavy atom. The molecule has 0 amide bonds. The van der Waals surface area contributed by atoms with E-state index in [0.717, 1.165) is 15.6 Å². The van der Waals surface area contributed by atoms with E-state index in [4.69, 9.17) is 0 Å². The SMILES string of the molecule is CCNc1nnc(Br)s1. The number of halogens is 1. The second-order valence-corrected chi connectivity index (χ2v) is 3.64. The van der Waals surface area contributed by atoms with Crippen molar-refractivity contribution in [2.45, 2.75) is 6.92 Å². The van der Waals surface area contributed by atoms with Crippen LogP contribution in [0, 0.1) is 0 Å². The minimum absolute atomic E-state index is 0.818. The number of nitrogens with one attached hydrogen (secondary N) is 1. The summed E-state index contributed by atoms with van der Waals surface area (Å²) in [5.74, 6) is 0. The molecule has 1 aromatic rings. The summed E-state index contributed by atoms with van der Waals surface area (Å²) in [6.07, 6.45) is 0. The molecule has 0 aromatic carbocycles. The summed E-state index contributed by atoms with van der Waals surface area (Å²) in [6.45, 7) is 2.91. The van der Waals surface area contributed by atoms with Gasteiger partial charge in [0.05, 0.1) is 0 Å². The predicted octanol–water partition coefficient (Wildman–Crippen LogP) is 1.73. The molecule has 0 aliphatic heterocycles. The number of aromatic nitrogens is 2. The molecule has 1 aromatic heterocycles. The van der Waals surface area contributed by atoms with Crippen molar-refractivity contribution in [3.05, 3.63) is 3.92 Å². The third-order valence-electron chi connectivity index (χ3n) is 0.728. The fraction of sp³-hybridized carbons (Fsp3) is 0.500. The minimum atomic E-state index is 0.818. The average molecular weight is 208 g/mol. The number of nitrogens with zero attached hydrogens (tertiary/aromatic N) is 2. The zero-order valence-corrected chi connectivity index (χ0v) is 7.29. The van der Waals surface area contributed by atoms with Crippen LogP contribution in [0.4, 0.5) is 5.13 Å². The molecule has 1 heterocycles. The van der Waals surface area contributed by atoms with Crippen molar-refractivity contribution in [2.75, 3.05) is 11.9 Å². The highest BCUT2D eigenvalue weighted by Gasteiger charge is 1.96. The fourth-order valence-corrected chi connectivity index (χ4v) is 1.51. The number of hydrogen-bond acceptors (Lipinski definition) is 4. The van der Waals surface area contributed by atoms with E-state index in [1.165, 1.54) is 11.3 Å². The van der Waals surface area contributed by atoms with Crippen LogP contribution in [0.15, 0.2) is 3.92 Å². The summed E-state index contributed by atoms with van der Waals surface area (Å²) in [7, 11) is 0. The lowest BCUT2D eigenvalue weighted by Crippen LogP contribution is -1.94. The Hall–Kier alpha value is -0.160. The Labute approximate surface area is 65.6 Å². The Morgan fingerprint density at radius 3 is 2.89 bits per heavy atom. The van der Waals surface area contributed by atoms with Crippen LogP contribution in [0.2, 0.25) is 0 Å². The fourth-order valence-electron chi connectivity index (χ4n) is 0.428. The molecule has 0 unspecified atom stereocenters. The molecular formula is C4H6BrN3S. The van der Waals surface area contributed by atoms with E-state index in [2.05, 4.69) is 31.4 Å². The van der Waals surface area contributed by atoms with Gasteiger partial charge in [0.15, 0.2) is 3.92 Å². The van der Waals surface area contributed by atoms with Gasteiger partial charge >= 0.3 is 0 Å². The van der Waals surface area contributed by atoms with Gasteiger partial charge in [-0.1, -0.05) is 11.3 Å². The molecule has 0 aliphatic carbocycles. The minimum Gasteiger partial charge on any atom is -0.360 e. The largest absolute Gasteiger partial charge is 0.360 e. The maximum Gasteiger partial charge on any atom is 0.206 e. The van der Waals surface area contributed by atoms with Gasteiger partial charge < -0.3 is 5.32 Å². The summed E-state index contributed by atoms with van der Waals surface area (Å²) in [5, 5.41) is 11.5. The Morgan fingerprint density at radius 2 is 2.44 bits per heavy atom. The predicted molar refractivity (Wildman–Crippen MR) is 41.8 cm³/mol. The molecular weight excluding hydrogens is 202 g/mol. The molecule has 0 bridgehead atoms. The Balaban J connectivity index is 2.61. The van der Waals surface area contributed by atoms with Crippen molar-refractivity contribution in [3.63, 3.8) is 0 Å². The second kappa shape index (κ2) is 3.12. The average Bonchev–Trinajstić information content (AvgIpc) is 2.17. The van der Waals surface area contributed by atoms with E-state index >= 15 is 0 Å². The molecule has 0 aliphatic rings. The van der Waals surface area contributed by atoms with Gasteiger partial charge in [0.2, 0.25) is 5.13 Å². The van der Waals surface area contributed by atoms with Crippen LogP contribution in [0.1, 0.15) is 6.92 Å². The standard InChI is InChI=1S/C4H6BrN3S/c1-2-6-4-8-7-3(5)9-4/h2H2,1H3,(H,6,8). The van der Waals surface area contributed by atoms with Crippen molar-refractivity contribution in [1.29, 1.82) is 0 Å². The van der Waals surface area contributed by atoms with Gasteiger partial charge in [0, 0.05) is 6.54 Å². The van der Waals surface area contributed by atoms with Crippen molar-refractivity contribution in [1.82, 2.24) is 10.2 Å². The topological polar surface area (TPSA) is 37.8 Å². The number of rotatable bonds is 2. The van der Waals surface area contributed by atoms with E-state index < -0.39 is 0 Å². The molecule has 9 heavy (non-hydrogen) atoms. The van der Waals surface area contributed by atoms with Gasteiger partial charge in [-0.15, -0.1) is 10.2 Å².